The van der Waals surface area contributed by atoms with Crippen LogP contribution in [0.4, 0.5) is 0 Å². The average Bonchev–Trinajstić information content (AvgIpc) is 2.73. The van der Waals surface area contributed by atoms with Crippen LogP contribution in [0.1, 0.15) is 0 Å². The molecule has 3 aromatic rings. The Labute approximate surface area is 125 Å². The first-order valence-electron chi connectivity index (χ1n) is 5.69. The van der Waals surface area contributed by atoms with Crippen molar-refractivity contribution in [1.82, 2.24) is 0 Å². The summed E-state index contributed by atoms with van der Waals surface area (Å²) in [5.41, 5.74) is 0. The molecule has 0 amide bonds. The molecule has 0 aliphatic carbocycles. The summed E-state index contributed by atoms with van der Waals surface area (Å²) in [7, 11) is -7.78. The minimum absolute atomic E-state index is 0.0298. The molecule has 0 saturated carbocycles. The zero-order chi connectivity index (χ0) is 15.4. The third-order valence-electron chi connectivity index (χ3n) is 3.06. The van der Waals surface area contributed by atoms with Gasteiger partial charge in [0.25, 0.3) is 0 Å². The van der Waals surface area contributed by atoms with E-state index in [0.717, 1.165) is 4.70 Å². The number of hydrogen-bond donors (Lipinski definition) is 2. The van der Waals surface area contributed by atoms with E-state index in [-0.39, 0.29) is 9.79 Å². The highest BCUT2D eigenvalue weighted by atomic mass is 32.2. The molecular weight excluding hydrogens is 332 g/mol. The first-order chi connectivity index (χ1) is 9.68. The molecule has 0 saturated heterocycles. The highest BCUT2D eigenvalue weighted by Crippen LogP contribution is 2.38. The van der Waals surface area contributed by atoms with Gasteiger partial charge in [-0.15, -0.1) is 11.3 Å². The van der Waals surface area contributed by atoms with Gasteiger partial charge in [-0.2, -0.15) is 0 Å². The molecule has 1 heterocycles. The minimum atomic E-state index is -3.91. The molecule has 0 atom stereocenters. The second-order valence-electron chi connectivity index (χ2n) is 4.48. The Kier molecular flexibility index (Phi) is 3.08. The first kappa shape index (κ1) is 14.4. The van der Waals surface area contributed by atoms with Gasteiger partial charge in [-0.3, -0.25) is 0 Å². The summed E-state index contributed by atoms with van der Waals surface area (Å²) >= 11 is 1.36. The number of sulfonamides is 2. The Bertz CT molecular complexity index is 1080. The molecule has 21 heavy (non-hydrogen) atoms. The maximum Gasteiger partial charge on any atom is 0.238 e. The van der Waals surface area contributed by atoms with Crippen molar-refractivity contribution < 1.29 is 16.8 Å². The lowest BCUT2D eigenvalue weighted by Gasteiger charge is -2.02. The Morgan fingerprint density at radius 2 is 1.57 bits per heavy atom. The predicted octanol–water partition coefficient (Wildman–Crippen LogP) is 1.35. The van der Waals surface area contributed by atoms with Crippen LogP contribution in [0.15, 0.2) is 46.2 Å². The van der Waals surface area contributed by atoms with Gasteiger partial charge in [0.1, 0.15) is 0 Å². The van der Waals surface area contributed by atoms with Gasteiger partial charge in [0.15, 0.2) is 0 Å². The number of hydrogen-bond acceptors (Lipinski definition) is 5. The SMILES string of the molecule is NS(=O)(=O)c1ccc2sc3cccc(S(N)(=O)=O)c3c2c1. The Morgan fingerprint density at radius 3 is 2.19 bits per heavy atom. The molecule has 6 nitrogen and oxygen atoms in total. The lowest BCUT2D eigenvalue weighted by atomic mass is 10.1. The Hall–Kier alpha value is -1.52. The van der Waals surface area contributed by atoms with Gasteiger partial charge < -0.3 is 0 Å². The fraction of sp³-hybridized carbons (Fsp3) is 0. The largest absolute Gasteiger partial charge is 0.238 e. The van der Waals surface area contributed by atoms with Crippen LogP contribution in [-0.2, 0) is 20.0 Å². The zero-order valence-electron chi connectivity index (χ0n) is 10.5. The van der Waals surface area contributed by atoms with Gasteiger partial charge in [0.05, 0.1) is 9.79 Å². The molecular formula is C12H10N2O4S3. The molecule has 1 aromatic heterocycles. The normalized spacial score (nSPS) is 13.0. The molecule has 9 heteroatoms. The predicted molar refractivity (Wildman–Crippen MR) is 82.1 cm³/mol. The number of thiophene rings is 1. The molecule has 0 bridgehead atoms. The molecule has 0 unspecified atom stereocenters. The van der Waals surface area contributed by atoms with Crippen LogP contribution in [0.25, 0.3) is 20.2 Å². The number of benzene rings is 2. The highest BCUT2D eigenvalue weighted by molar-refractivity contribution is 7.89. The van der Waals surface area contributed by atoms with Crippen LogP contribution in [-0.4, -0.2) is 16.8 Å². The van der Waals surface area contributed by atoms with Gasteiger partial charge in [0.2, 0.25) is 20.0 Å². The van der Waals surface area contributed by atoms with E-state index in [1.54, 1.807) is 18.2 Å². The summed E-state index contributed by atoms with van der Waals surface area (Å²) in [5.74, 6) is 0. The second-order valence-corrected chi connectivity index (χ2v) is 8.65. The van der Waals surface area contributed by atoms with Crippen molar-refractivity contribution in [2.45, 2.75) is 9.79 Å². The lowest BCUT2D eigenvalue weighted by Crippen LogP contribution is -2.12. The summed E-state index contributed by atoms with van der Waals surface area (Å²) in [6.07, 6.45) is 0. The van der Waals surface area contributed by atoms with E-state index in [9.17, 15) is 16.8 Å². The second kappa shape index (κ2) is 4.49. The number of nitrogens with two attached hydrogens (primary N) is 2. The van der Waals surface area contributed by atoms with Crippen molar-refractivity contribution in [3.05, 3.63) is 36.4 Å². The van der Waals surface area contributed by atoms with Crippen LogP contribution in [0.5, 0.6) is 0 Å². The van der Waals surface area contributed by atoms with Crippen LogP contribution in [0, 0.1) is 0 Å². The Morgan fingerprint density at radius 1 is 0.857 bits per heavy atom. The third-order valence-corrected chi connectivity index (χ3v) is 6.06. The molecule has 4 N–H and O–H groups in total. The highest BCUT2D eigenvalue weighted by Gasteiger charge is 2.18. The summed E-state index contributed by atoms with van der Waals surface area (Å²) in [6.45, 7) is 0. The van der Waals surface area contributed by atoms with Gasteiger partial charge in [-0.1, -0.05) is 6.07 Å². The van der Waals surface area contributed by atoms with E-state index in [1.807, 2.05) is 0 Å². The van der Waals surface area contributed by atoms with Gasteiger partial charge in [-0.25, -0.2) is 27.1 Å². The number of fused-ring (bicyclic) bond motifs is 3. The maximum atomic E-state index is 11.7. The van der Waals surface area contributed by atoms with Crippen molar-refractivity contribution in [2.24, 2.45) is 10.3 Å². The van der Waals surface area contributed by atoms with Crippen LogP contribution >= 0.6 is 11.3 Å². The molecule has 0 radical (unpaired) electrons. The van der Waals surface area contributed by atoms with E-state index in [4.69, 9.17) is 10.3 Å². The molecule has 0 aliphatic rings. The fourth-order valence-electron chi connectivity index (χ4n) is 2.19. The van der Waals surface area contributed by atoms with Crippen molar-refractivity contribution in [3.8, 4) is 0 Å². The van der Waals surface area contributed by atoms with Crippen LogP contribution in [0.3, 0.4) is 0 Å². The molecule has 110 valence electrons. The summed E-state index contributed by atoms with van der Waals surface area (Å²) in [4.78, 5) is -0.100. The zero-order valence-corrected chi connectivity index (χ0v) is 12.9. The van der Waals surface area contributed by atoms with E-state index in [1.165, 1.54) is 29.5 Å². The summed E-state index contributed by atoms with van der Waals surface area (Å²) < 4.78 is 47.8. The lowest BCUT2D eigenvalue weighted by molar-refractivity contribution is 0.596. The summed E-state index contributed by atoms with van der Waals surface area (Å²) in [5, 5.41) is 11.3. The van der Waals surface area contributed by atoms with Crippen molar-refractivity contribution in [1.29, 1.82) is 0 Å². The first-order valence-corrected chi connectivity index (χ1v) is 9.60. The minimum Gasteiger partial charge on any atom is -0.225 e. The van der Waals surface area contributed by atoms with Gasteiger partial charge in [-0.05, 0) is 30.3 Å². The topological polar surface area (TPSA) is 120 Å². The molecule has 0 fully saturated rings. The quantitative estimate of drug-likeness (QED) is 0.730. The summed E-state index contributed by atoms with van der Waals surface area (Å²) in [6, 6.07) is 9.12. The number of rotatable bonds is 2. The molecule has 3 rings (SSSR count). The van der Waals surface area contributed by atoms with Crippen molar-refractivity contribution >= 4 is 51.6 Å². The Balaban J connectivity index is 2.54. The van der Waals surface area contributed by atoms with Crippen molar-refractivity contribution in [3.63, 3.8) is 0 Å². The van der Waals surface area contributed by atoms with E-state index < -0.39 is 20.0 Å². The smallest absolute Gasteiger partial charge is 0.225 e. The average molecular weight is 342 g/mol. The van der Waals surface area contributed by atoms with Gasteiger partial charge >= 0.3 is 0 Å². The molecule has 2 aromatic carbocycles. The fourth-order valence-corrected chi connectivity index (χ4v) is 4.68. The van der Waals surface area contributed by atoms with E-state index >= 15 is 0 Å². The van der Waals surface area contributed by atoms with Crippen LogP contribution < -0.4 is 10.3 Å². The maximum absolute atomic E-state index is 11.7. The van der Waals surface area contributed by atoms with E-state index in [0.29, 0.717) is 15.5 Å². The van der Waals surface area contributed by atoms with Crippen molar-refractivity contribution in [2.75, 3.05) is 0 Å². The molecule has 0 spiro atoms. The number of primary sulfonamides is 2. The van der Waals surface area contributed by atoms with Crippen LogP contribution in [0.2, 0.25) is 0 Å². The monoisotopic (exact) mass is 342 g/mol. The third kappa shape index (κ3) is 2.43. The standard InChI is InChI=1S/C12H10N2O4S3/c13-20(15,16)7-4-5-9-8(6-7)12-10(19-9)2-1-3-11(12)21(14,17)18/h1-6H,(H2,13,15,16)(H2,14,17,18). The molecule has 0 aliphatic heterocycles. The van der Waals surface area contributed by atoms with E-state index in [2.05, 4.69) is 0 Å². The van der Waals surface area contributed by atoms with Gasteiger partial charge in [0, 0.05) is 20.2 Å².